The Hall–Kier alpha value is -4.28. The summed E-state index contributed by atoms with van der Waals surface area (Å²) < 4.78 is 25.4. The Morgan fingerprint density at radius 1 is 1.17 bits per heavy atom. The highest BCUT2D eigenvalue weighted by atomic mass is 35.5. The number of aryl methyl sites for hydroxylation is 1. The van der Waals surface area contributed by atoms with Gasteiger partial charge in [-0.15, -0.1) is 5.10 Å². The van der Waals surface area contributed by atoms with Crippen LogP contribution in [-0.2, 0) is 11.3 Å². The molecule has 4 aromatic heterocycles. The number of anilines is 1. The molecular formula is C30H27Cl2N7O3. The topological polar surface area (TPSA) is 121 Å². The molecular weight excluding hydrogens is 577 g/mol. The van der Waals surface area contributed by atoms with Gasteiger partial charge in [-0.05, 0) is 50.1 Å². The molecule has 2 bridgehead atoms. The van der Waals surface area contributed by atoms with Crippen LogP contribution in [0.2, 0.25) is 10.2 Å². The van der Waals surface area contributed by atoms with E-state index in [9.17, 15) is 9.59 Å². The monoisotopic (exact) mass is 605 g/mol. The van der Waals surface area contributed by atoms with Crippen molar-refractivity contribution in [2.45, 2.75) is 45.5 Å². The van der Waals surface area contributed by atoms with E-state index in [4.69, 9.17) is 30.4 Å². The molecule has 0 fully saturated rings. The van der Waals surface area contributed by atoms with E-state index in [-0.39, 0.29) is 28.2 Å². The van der Waals surface area contributed by atoms with Crippen molar-refractivity contribution in [3.05, 3.63) is 92.9 Å². The maximum Gasteiger partial charge on any atom is 0.227 e. The highest BCUT2D eigenvalue weighted by Gasteiger charge is 2.25. The molecule has 1 aliphatic rings. The normalized spacial score (nSPS) is 18.2. The van der Waals surface area contributed by atoms with Gasteiger partial charge in [0.05, 0.1) is 38.5 Å². The number of nitrogens with one attached hydrogen (secondary N) is 1. The van der Waals surface area contributed by atoms with Crippen LogP contribution in [0.1, 0.15) is 53.0 Å². The van der Waals surface area contributed by atoms with E-state index in [0.29, 0.717) is 63.7 Å². The first-order valence-corrected chi connectivity index (χ1v) is 14.1. The molecule has 12 heteroatoms. The summed E-state index contributed by atoms with van der Waals surface area (Å²) in [7, 11) is 0. The van der Waals surface area contributed by atoms with E-state index in [1.807, 2.05) is 13.0 Å². The number of nitrogens with zero attached hydrogens (tertiary/aromatic N) is 6. The molecule has 0 aliphatic carbocycles. The largest absolute Gasteiger partial charge is 0.464 e. The lowest BCUT2D eigenvalue weighted by atomic mass is 9.88. The van der Waals surface area contributed by atoms with Gasteiger partial charge in [-0.2, -0.15) is 5.10 Å². The number of halogens is 2. The first-order valence-electron chi connectivity index (χ1n) is 14.4. The van der Waals surface area contributed by atoms with Crippen molar-refractivity contribution < 1.29 is 12.0 Å². The number of fused-ring (bicyclic) bond motifs is 4. The maximum atomic E-state index is 13.8. The van der Waals surface area contributed by atoms with Crippen LogP contribution in [0.15, 0.2) is 70.5 Å². The van der Waals surface area contributed by atoms with Crippen molar-refractivity contribution in [3.63, 3.8) is 0 Å². The summed E-state index contributed by atoms with van der Waals surface area (Å²) in [6, 6.07) is 10.0. The number of aromatic nitrogens is 6. The lowest BCUT2D eigenvalue weighted by Gasteiger charge is -2.20. The van der Waals surface area contributed by atoms with Crippen LogP contribution >= 0.6 is 23.2 Å². The second-order valence-corrected chi connectivity index (χ2v) is 10.9. The lowest BCUT2D eigenvalue weighted by Crippen LogP contribution is -2.22. The van der Waals surface area contributed by atoms with Gasteiger partial charge in [-0.1, -0.05) is 41.8 Å². The van der Waals surface area contributed by atoms with Gasteiger partial charge in [0.15, 0.2) is 10.6 Å². The van der Waals surface area contributed by atoms with Crippen LogP contribution in [-0.4, -0.2) is 35.7 Å². The minimum Gasteiger partial charge on any atom is -0.464 e. The summed E-state index contributed by atoms with van der Waals surface area (Å²) in [5, 5.41) is 15.7. The van der Waals surface area contributed by atoms with Gasteiger partial charge in [0.2, 0.25) is 5.91 Å². The Kier molecular flexibility index (Phi) is 6.99. The van der Waals surface area contributed by atoms with Gasteiger partial charge in [0.1, 0.15) is 5.76 Å². The predicted molar refractivity (Wildman–Crippen MR) is 160 cm³/mol. The Morgan fingerprint density at radius 2 is 2.02 bits per heavy atom. The van der Waals surface area contributed by atoms with Crippen LogP contribution in [0.3, 0.4) is 0 Å². The zero-order valence-corrected chi connectivity index (χ0v) is 24.2. The SMILES string of the molecule is [2H]C([2H])(C)n1ncc2c1-c1ccnc(c1)[C@@H](c1coc(-c3cc(Cl)ccc3-n3cc(Cl)nn3)cc1=O)CCC[C@@H](C)C(=O)N2. The molecule has 10 nitrogen and oxygen atoms in total. The number of amides is 1. The summed E-state index contributed by atoms with van der Waals surface area (Å²) in [6.45, 7) is 1.38. The molecule has 6 rings (SSSR count). The number of pyridine rings is 1. The van der Waals surface area contributed by atoms with Crippen molar-refractivity contribution in [2.75, 3.05) is 5.32 Å². The fraction of sp³-hybridized carbons (Fsp3) is 0.267. The van der Waals surface area contributed by atoms with E-state index in [1.165, 1.54) is 41.0 Å². The third-order valence-corrected chi connectivity index (χ3v) is 7.81. The molecule has 42 heavy (non-hydrogen) atoms. The summed E-state index contributed by atoms with van der Waals surface area (Å²) >= 11 is 12.3. The Bertz CT molecular complexity index is 1930. The molecule has 0 spiro atoms. The number of carbonyl (C=O) groups is 1. The molecule has 1 aromatic carbocycles. The zero-order valence-electron chi connectivity index (χ0n) is 24.7. The molecule has 1 amide bonds. The fourth-order valence-electron chi connectivity index (χ4n) is 5.23. The molecule has 1 aliphatic heterocycles. The molecule has 5 heterocycles. The molecule has 2 atom stereocenters. The molecule has 0 unspecified atom stereocenters. The molecule has 0 saturated heterocycles. The van der Waals surface area contributed by atoms with Gasteiger partial charge < -0.3 is 9.73 Å². The van der Waals surface area contributed by atoms with Gasteiger partial charge >= 0.3 is 0 Å². The maximum absolute atomic E-state index is 13.8. The van der Waals surface area contributed by atoms with E-state index in [1.54, 1.807) is 30.5 Å². The quantitative estimate of drug-likeness (QED) is 0.253. The van der Waals surface area contributed by atoms with Crippen LogP contribution in [0.5, 0.6) is 0 Å². The van der Waals surface area contributed by atoms with E-state index in [2.05, 4.69) is 25.7 Å². The fourth-order valence-corrected chi connectivity index (χ4v) is 5.53. The highest BCUT2D eigenvalue weighted by Crippen LogP contribution is 2.36. The number of hydrogen-bond acceptors (Lipinski definition) is 7. The third kappa shape index (κ3) is 5.35. The number of hydrogen-bond donors (Lipinski definition) is 1. The van der Waals surface area contributed by atoms with Crippen molar-refractivity contribution >= 4 is 34.8 Å². The predicted octanol–water partition coefficient (Wildman–Crippen LogP) is 6.36. The Balaban J connectivity index is 1.46. The minimum absolute atomic E-state index is 0.191. The summed E-state index contributed by atoms with van der Waals surface area (Å²) in [5.41, 5.74) is 3.25. The lowest BCUT2D eigenvalue weighted by molar-refractivity contribution is -0.119. The standard InChI is InChI=1S/C30H27Cl2N7O3/c1-3-38-29-18-9-10-33-23(11-18)20(6-4-5-17(2)30(41)35-24(29)14-34-38)22-16-42-27(13-26(22)40)21-12-19(31)7-8-25(21)39-15-28(32)36-37-39/h7-17,20H,3-6H2,1-2H3,(H,35,41)/t17-,20-/m1/s1/i3D2. The zero-order chi connectivity index (χ0) is 31.2. The van der Waals surface area contributed by atoms with Crippen molar-refractivity contribution in [3.8, 4) is 28.3 Å². The second kappa shape index (κ2) is 11.5. The first kappa shape index (κ1) is 25.4. The smallest absolute Gasteiger partial charge is 0.227 e. The van der Waals surface area contributed by atoms with E-state index >= 15 is 0 Å². The molecule has 214 valence electrons. The third-order valence-electron chi connectivity index (χ3n) is 7.40. The number of carbonyl (C=O) groups excluding carboxylic acids is 1. The van der Waals surface area contributed by atoms with E-state index < -0.39 is 12.4 Å². The Morgan fingerprint density at radius 3 is 2.79 bits per heavy atom. The van der Waals surface area contributed by atoms with Crippen LogP contribution in [0, 0.1) is 5.92 Å². The molecule has 5 aromatic rings. The van der Waals surface area contributed by atoms with Crippen molar-refractivity contribution in [2.24, 2.45) is 5.92 Å². The molecule has 1 N–H and O–H groups in total. The average Bonchev–Trinajstić information content (AvgIpc) is 3.61. The molecule has 0 radical (unpaired) electrons. The van der Waals surface area contributed by atoms with Crippen LogP contribution in [0.25, 0.3) is 28.3 Å². The number of benzene rings is 1. The highest BCUT2D eigenvalue weighted by molar-refractivity contribution is 6.31. The van der Waals surface area contributed by atoms with Crippen LogP contribution < -0.4 is 10.7 Å². The van der Waals surface area contributed by atoms with Crippen LogP contribution in [0.4, 0.5) is 5.69 Å². The summed E-state index contributed by atoms with van der Waals surface area (Å²) in [4.78, 5) is 31.5. The first-order chi connectivity index (χ1) is 21.0. The molecule has 0 saturated carbocycles. The Labute approximate surface area is 254 Å². The van der Waals surface area contributed by atoms with E-state index in [0.717, 1.165) is 0 Å². The summed E-state index contributed by atoms with van der Waals surface area (Å²) in [5.74, 6) is -0.701. The second-order valence-electron chi connectivity index (χ2n) is 10.1. The number of rotatable bonds is 4. The van der Waals surface area contributed by atoms with Gasteiger partial charge in [-0.3, -0.25) is 19.3 Å². The summed E-state index contributed by atoms with van der Waals surface area (Å²) in [6.07, 6.45) is 7.77. The van der Waals surface area contributed by atoms with Gasteiger partial charge in [0.25, 0.3) is 0 Å². The van der Waals surface area contributed by atoms with Crippen molar-refractivity contribution in [1.29, 1.82) is 0 Å². The van der Waals surface area contributed by atoms with Gasteiger partial charge in [0, 0.05) is 58.0 Å². The van der Waals surface area contributed by atoms with Gasteiger partial charge in [-0.25, -0.2) is 4.68 Å². The van der Waals surface area contributed by atoms with Crippen molar-refractivity contribution in [1.82, 2.24) is 29.8 Å². The average molecular weight is 607 g/mol. The minimum atomic E-state index is -1.85.